The van der Waals surface area contributed by atoms with Crippen molar-refractivity contribution < 1.29 is 9.47 Å². The molecule has 2 rings (SSSR count). The highest BCUT2D eigenvalue weighted by Crippen LogP contribution is 2.34. The number of ether oxygens (including phenoxy) is 2. The number of rotatable bonds is 6. The number of benzene rings is 1. The molecular formula is C15H23N3O2. The summed E-state index contributed by atoms with van der Waals surface area (Å²) < 4.78 is 10.6. The molecule has 0 atom stereocenters. The monoisotopic (exact) mass is 277 g/mol. The molecule has 2 aromatic rings. The van der Waals surface area contributed by atoms with Crippen molar-refractivity contribution in [3.63, 3.8) is 0 Å². The second-order valence-corrected chi connectivity index (χ2v) is 5.00. The van der Waals surface area contributed by atoms with Gasteiger partial charge in [0, 0.05) is 24.1 Å². The molecule has 5 nitrogen and oxygen atoms in total. The number of methoxy groups -OCH3 is 2. The second kappa shape index (κ2) is 5.71. The first-order valence-corrected chi connectivity index (χ1v) is 6.96. The van der Waals surface area contributed by atoms with Gasteiger partial charge in [-0.3, -0.25) is 0 Å². The molecule has 1 aromatic heterocycles. The van der Waals surface area contributed by atoms with Gasteiger partial charge >= 0.3 is 0 Å². The lowest BCUT2D eigenvalue weighted by Crippen LogP contribution is -2.35. The van der Waals surface area contributed by atoms with Crippen molar-refractivity contribution in [3.8, 4) is 11.5 Å². The summed E-state index contributed by atoms with van der Waals surface area (Å²) in [5.74, 6) is 2.32. The van der Waals surface area contributed by atoms with Crippen molar-refractivity contribution >= 4 is 11.0 Å². The number of H-pyrrole nitrogens is 1. The standard InChI is InChI=1S/C15H23N3O2/c1-5-15(6-2,9-16)14-17-10-7-12(19-3)13(20-4)8-11(10)18-14/h7-8H,5-6,9,16H2,1-4H3,(H,17,18). The molecule has 0 aliphatic rings. The predicted octanol–water partition coefficient (Wildman–Crippen LogP) is 2.60. The summed E-state index contributed by atoms with van der Waals surface area (Å²) in [5, 5.41) is 0. The van der Waals surface area contributed by atoms with Crippen molar-refractivity contribution in [3.05, 3.63) is 18.0 Å². The van der Waals surface area contributed by atoms with Gasteiger partial charge in [0.1, 0.15) is 5.82 Å². The summed E-state index contributed by atoms with van der Waals surface area (Å²) in [6.45, 7) is 4.86. The third-order valence-electron chi connectivity index (χ3n) is 4.23. The topological polar surface area (TPSA) is 73.2 Å². The average molecular weight is 277 g/mol. The lowest BCUT2D eigenvalue weighted by Gasteiger charge is -2.27. The summed E-state index contributed by atoms with van der Waals surface area (Å²) >= 11 is 0. The van der Waals surface area contributed by atoms with Gasteiger partial charge in [-0.15, -0.1) is 0 Å². The Morgan fingerprint density at radius 1 is 1.15 bits per heavy atom. The van der Waals surface area contributed by atoms with Crippen LogP contribution >= 0.6 is 0 Å². The van der Waals surface area contributed by atoms with Gasteiger partial charge in [0.2, 0.25) is 0 Å². The second-order valence-electron chi connectivity index (χ2n) is 5.00. The van der Waals surface area contributed by atoms with Crippen molar-refractivity contribution in [2.45, 2.75) is 32.1 Å². The Morgan fingerprint density at radius 3 is 2.25 bits per heavy atom. The SMILES string of the molecule is CCC(CC)(CN)c1nc2cc(OC)c(OC)cc2[nH]1. The molecule has 0 aliphatic carbocycles. The molecular weight excluding hydrogens is 254 g/mol. The number of imidazole rings is 1. The normalized spacial score (nSPS) is 11.8. The van der Waals surface area contributed by atoms with E-state index in [4.69, 9.17) is 20.2 Å². The maximum atomic E-state index is 5.99. The van der Waals surface area contributed by atoms with Crippen LogP contribution in [0.1, 0.15) is 32.5 Å². The quantitative estimate of drug-likeness (QED) is 0.851. The zero-order valence-electron chi connectivity index (χ0n) is 12.6. The Labute approximate surface area is 119 Å². The average Bonchev–Trinajstić information content (AvgIpc) is 2.91. The van der Waals surface area contributed by atoms with E-state index in [9.17, 15) is 0 Å². The zero-order valence-corrected chi connectivity index (χ0v) is 12.6. The fraction of sp³-hybridized carbons (Fsp3) is 0.533. The van der Waals surface area contributed by atoms with Gasteiger partial charge in [-0.05, 0) is 12.8 Å². The van der Waals surface area contributed by atoms with E-state index in [1.54, 1.807) is 14.2 Å². The lowest BCUT2D eigenvalue weighted by molar-refractivity contribution is 0.356. The Hall–Kier alpha value is -1.75. The lowest BCUT2D eigenvalue weighted by atomic mass is 9.82. The summed E-state index contributed by atoms with van der Waals surface area (Å²) in [4.78, 5) is 8.10. The Morgan fingerprint density at radius 2 is 1.75 bits per heavy atom. The summed E-state index contributed by atoms with van der Waals surface area (Å²) in [7, 11) is 3.25. The number of aromatic nitrogens is 2. The molecule has 0 bridgehead atoms. The molecule has 1 aromatic carbocycles. The molecule has 20 heavy (non-hydrogen) atoms. The zero-order chi connectivity index (χ0) is 14.8. The first-order chi connectivity index (χ1) is 9.63. The van der Waals surface area contributed by atoms with Crippen LogP contribution < -0.4 is 15.2 Å². The highest BCUT2D eigenvalue weighted by atomic mass is 16.5. The minimum Gasteiger partial charge on any atom is -0.493 e. The van der Waals surface area contributed by atoms with E-state index in [-0.39, 0.29) is 5.41 Å². The number of hydrogen-bond donors (Lipinski definition) is 2. The van der Waals surface area contributed by atoms with Crippen LogP contribution in [-0.4, -0.2) is 30.7 Å². The fourth-order valence-electron chi connectivity index (χ4n) is 2.56. The number of nitrogens with zero attached hydrogens (tertiary/aromatic N) is 1. The molecule has 0 saturated carbocycles. The van der Waals surface area contributed by atoms with Crippen LogP contribution in [0.25, 0.3) is 11.0 Å². The largest absolute Gasteiger partial charge is 0.493 e. The Balaban J connectivity index is 2.58. The van der Waals surface area contributed by atoms with Crippen LogP contribution in [0.15, 0.2) is 12.1 Å². The molecule has 5 heteroatoms. The maximum absolute atomic E-state index is 5.99. The fourth-order valence-corrected chi connectivity index (χ4v) is 2.56. The van der Waals surface area contributed by atoms with Gasteiger partial charge in [-0.1, -0.05) is 13.8 Å². The van der Waals surface area contributed by atoms with Gasteiger partial charge in [0.05, 0.1) is 25.3 Å². The van der Waals surface area contributed by atoms with Crippen LogP contribution in [0.2, 0.25) is 0 Å². The van der Waals surface area contributed by atoms with Gasteiger partial charge in [-0.2, -0.15) is 0 Å². The molecule has 0 spiro atoms. The third-order valence-corrected chi connectivity index (χ3v) is 4.23. The number of nitrogens with one attached hydrogen (secondary N) is 1. The predicted molar refractivity (Wildman–Crippen MR) is 80.5 cm³/mol. The number of aromatic amines is 1. The van der Waals surface area contributed by atoms with Crippen molar-refractivity contribution in [2.75, 3.05) is 20.8 Å². The molecule has 110 valence electrons. The Kier molecular flexibility index (Phi) is 4.18. The van der Waals surface area contributed by atoms with Gasteiger partial charge in [-0.25, -0.2) is 4.98 Å². The van der Waals surface area contributed by atoms with Crippen LogP contribution in [-0.2, 0) is 5.41 Å². The smallest absolute Gasteiger partial charge is 0.163 e. The van der Waals surface area contributed by atoms with Crippen LogP contribution in [0.5, 0.6) is 11.5 Å². The molecule has 0 fully saturated rings. The first-order valence-electron chi connectivity index (χ1n) is 6.96. The van der Waals surface area contributed by atoms with Crippen LogP contribution in [0.4, 0.5) is 0 Å². The van der Waals surface area contributed by atoms with E-state index in [1.807, 2.05) is 12.1 Å². The van der Waals surface area contributed by atoms with Crippen molar-refractivity contribution in [2.24, 2.45) is 5.73 Å². The third kappa shape index (κ3) is 2.22. The molecule has 3 N–H and O–H groups in total. The highest BCUT2D eigenvalue weighted by molar-refractivity contribution is 5.80. The van der Waals surface area contributed by atoms with E-state index < -0.39 is 0 Å². The Bertz CT molecular complexity index is 539. The van der Waals surface area contributed by atoms with Gasteiger partial charge in [0.15, 0.2) is 11.5 Å². The van der Waals surface area contributed by atoms with Crippen molar-refractivity contribution in [1.29, 1.82) is 0 Å². The molecule has 1 heterocycles. The van der Waals surface area contributed by atoms with E-state index in [0.29, 0.717) is 18.0 Å². The number of fused-ring (bicyclic) bond motifs is 1. The molecule has 0 unspecified atom stereocenters. The first kappa shape index (κ1) is 14.7. The van der Waals surface area contributed by atoms with Crippen LogP contribution in [0.3, 0.4) is 0 Å². The van der Waals surface area contributed by atoms with E-state index in [0.717, 1.165) is 29.7 Å². The minimum absolute atomic E-state index is 0.0977. The molecule has 0 radical (unpaired) electrons. The van der Waals surface area contributed by atoms with E-state index in [2.05, 4.69) is 18.8 Å². The number of hydrogen-bond acceptors (Lipinski definition) is 4. The maximum Gasteiger partial charge on any atom is 0.163 e. The minimum atomic E-state index is -0.0977. The summed E-state index contributed by atoms with van der Waals surface area (Å²) in [6.07, 6.45) is 1.90. The van der Waals surface area contributed by atoms with Crippen LogP contribution in [0, 0.1) is 0 Å². The van der Waals surface area contributed by atoms with Crippen molar-refractivity contribution in [1.82, 2.24) is 9.97 Å². The van der Waals surface area contributed by atoms with E-state index in [1.165, 1.54) is 0 Å². The molecule has 0 amide bonds. The summed E-state index contributed by atoms with van der Waals surface area (Å²) in [6, 6.07) is 3.80. The number of nitrogens with two attached hydrogens (primary N) is 1. The van der Waals surface area contributed by atoms with Gasteiger partial charge in [0.25, 0.3) is 0 Å². The van der Waals surface area contributed by atoms with Gasteiger partial charge < -0.3 is 20.2 Å². The summed E-state index contributed by atoms with van der Waals surface area (Å²) in [5.41, 5.74) is 7.70. The molecule has 0 aliphatic heterocycles. The molecule has 0 saturated heterocycles. The van der Waals surface area contributed by atoms with E-state index >= 15 is 0 Å². The highest BCUT2D eigenvalue weighted by Gasteiger charge is 2.30.